The Kier molecular flexibility index (Phi) is 4.46. The van der Waals surface area contributed by atoms with Crippen LogP contribution in [-0.2, 0) is 7.05 Å². The van der Waals surface area contributed by atoms with Gasteiger partial charge in [-0.15, -0.1) is 0 Å². The highest BCUT2D eigenvalue weighted by Gasteiger charge is 2.10. The molecule has 0 radical (unpaired) electrons. The van der Waals surface area contributed by atoms with E-state index >= 15 is 0 Å². The summed E-state index contributed by atoms with van der Waals surface area (Å²) in [7, 11) is 1.97. The number of aryl methyl sites for hydroxylation is 2. The minimum absolute atomic E-state index is 0.705. The van der Waals surface area contributed by atoms with Crippen LogP contribution in [0.2, 0.25) is 5.02 Å². The Morgan fingerprint density at radius 3 is 2.67 bits per heavy atom. The Labute approximate surface area is 162 Å². The minimum Gasteiger partial charge on any atom is -0.318 e. The van der Waals surface area contributed by atoms with Crippen molar-refractivity contribution in [3.05, 3.63) is 76.6 Å². The van der Waals surface area contributed by atoms with Crippen LogP contribution in [0.15, 0.2) is 59.7 Å². The van der Waals surface area contributed by atoms with Gasteiger partial charge in [0.05, 0.1) is 17.2 Å². The van der Waals surface area contributed by atoms with E-state index < -0.39 is 0 Å². The van der Waals surface area contributed by atoms with E-state index in [0.29, 0.717) is 5.95 Å². The average Bonchev–Trinajstić information content (AvgIpc) is 3.12. The molecule has 2 heterocycles. The number of fused-ring (bicyclic) bond motifs is 1. The summed E-state index contributed by atoms with van der Waals surface area (Å²) in [6.07, 6.45) is 1.82. The summed E-state index contributed by atoms with van der Waals surface area (Å²) in [5.41, 5.74) is 9.36. The van der Waals surface area contributed by atoms with Crippen LogP contribution in [0.4, 0.5) is 5.95 Å². The molecule has 2 aromatic carbocycles. The molecule has 27 heavy (non-hydrogen) atoms. The number of rotatable bonds is 4. The first-order valence-electron chi connectivity index (χ1n) is 8.70. The second kappa shape index (κ2) is 6.93. The number of hydrogen-bond acceptors (Lipinski definition) is 3. The van der Waals surface area contributed by atoms with Gasteiger partial charge in [-0.25, -0.2) is 10.4 Å². The van der Waals surface area contributed by atoms with Crippen LogP contribution in [0.1, 0.15) is 17.0 Å². The normalized spacial score (nSPS) is 11.6. The molecule has 4 rings (SSSR count). The fourth-order valence-corrected chi connectivity index (χ4v) is 3.52. The zero-order chi connectivity index (χ0) is 19.0. The van der Waals surface area contributed by atoms with E-state index in [-0.39, 0.29) is 0 Å². The molecule has 0 spiro atoms. The molecule has 4 aromatic rings. The van der Waals surface area contributed by atoms with Gasteiger partial charge in [0.25, 0.3) is 0 Å². The molecule has 0 aliphatic carbocycles. The molecule has 1 N–H and O–H groups in total. The van der Waals surface area contributed by atoms with Crippen LogP contribution in [0, 0.1) is 13.8 Å². The summed E-state index contributed by atoms with van der Waals surface area (Å²) < 4.78 is 4.16. The SMILES string of the molecule is Cc1cc(/C=N\Nc2nc3ccccc3n2C)c(C)n1-c1cccc(Cl)c1. The Morgan fingerprint density at radius 2 is 1.89 bits per heavy atom. The van der Waals surface area contributed by atoms with E-state index in [2.05, 4.69) is 40.0 Å². The van der Waals surface area contributed by atoms with Gasteiger partial charge in [-0.3, -0.25) is 0 Å². The zero-order valence-electron chi connectivity index (χ0n) is 15.4. The van der Waals surface area contributed by atoms with E-state index in [1.165, 1.54) is 0 Å². The summed E-state index contributed by atoms with van der Waals surface area (Å²) in [4.78, 5) is 4.56. The molecule has 0 amide bonds. The summed E-state index contributed by atoms with van der Waals surface area (Å²) >= 11 is 6.15. The van der Waals surface area contributed by atoms with Gasteiger partial charge in [0.2, 0.25) is 5.95 Å². The van der Waals surface area contributed by atoms with Crippen molar-refractivity contribution >= 4 is 34.8 Å². The maximum atomic E-state index is 6.15. The maximum absolute atomic E-state index is 6.15. The molecule has 0 atom stereocenters. The fraction of sp³-hybridized carbons (Fsp3) is 0.143. The van der Waals surface area contributed by atoms with Crippen molar-refractivity contribution in [3.8, 4) is 5.69 Å². The van der Waals surface area contributed by atoms with Gasteiger partial charge in [-0.2, -0.15) is 5.10 Å². The van der Waals surface area contributed by atoms with E-state index in [0.717, 1.165) is 38.7 Å². The van der Waals surface area contributed by atoms with Gasteiger partial charge >= 0.3 is 0 Å². The van der Waals surface area contributed by atoms with Crippen LogP contribution in [0.25, 0.3) is 16.7 Å². The molecule has 5 nitrogen and oxygen atoms in total. The first kappa shape index (κ1) is 17.4. The van der Waals surface area contributed by atoms with Crippen molar-refractivity contribution in [2.24, 2.45) is 12.1 Å². The molecule has 0 fully saturated rings. The van der Waals surface area contributed by atoms with Crippen molar-refractivity contribution in [1.82, 2.24) is 14.1 Å². The molecule has 0 saturated carbocycles. The molecule has 0 bridgehead atoms. The second-order valence-corrected chi connectivity index (χ2v) is 6.93. The van der Waals surface area contributed by atoms with Gasteiger partial charge in [0.15, 0.2) is 0 Å². The molecule has 6 heteroatoms. The third kappa shape index (κ3) is 3.22. The first-order valence-corrected chi connectivity index (χ1v) is 9.08. The van der Waals surface area contributed by atoms with Crippen molar-refractivity contribution in [1.29, 1.82) is 0 Å². The largest absolute Gasteiger partial charge is 0.318 e. The van der Waals surface area contributed by atoms with Crippen molar-refractivity contribution in [2.75, 3.05) is 5.43 Å². The number of imidazole rings is 1. The van der Waals surface area contributed by atoms with E-state index in [1.54, 1.807) is 0 Å². The highest BCUT2D eigenvalue weighted by Crippen LogP contribution is 2.22. The minimum atomic E-state index is 0.705. The molecule has 136 valence electrons. The predicted octanol–water partition coefficient (Wildman–Crippen LogP) is 5.08. The quantitative estimate of drug-likeness (QED) is 0.398. The molecule has 0 aliphatic rings. The number of aromatic nitrogens is 3. The van der Waals surface area contributed by atoms with Crippen molar-refractivity contribution in [3.63, 3.8) is 0 Å². The van der Waals surface area contributed by atoms with Crippen LogP contribution in [0.3, 0.4) is 0 Å². The van der Waals surface area contributed by atoms with Gasteiger partial charge in [-0.05, 0) is 50.2 Å². The molecule has 0 saturated heterocycles. The number of anilines is 1. The number of hydrogen-bond donors (Lipinski definition) is 1. The van der Waals surface area contributed by atoms with Crippen LogP contribution in [0.5, 0.6) is 0 Å². The zero-order valence-corrected chi connectivity index (χ0v) is 16.2. The lowest BCUT2D eigenvalue weighted by Crippen LogP contribution is -2.01. The van der Waals surface area contributed by atoms with E-state index in [9.17, 15) is 0 Å². The lowest BCUT2D eigenvalue weighted by atomic mass is 10.2. The van der Waals surface area contributed by atoms with Crippen molar-refractivity contribution < 1.29 is 0 Å². The van der Waals surface area contributed by atoms with E-state index in [4.69, 9.17) is 11.6 Å². The lowest BCUT2D eigenvalue weighted by molar-refractivity contribution is 0.943. The Hall–Kier alpha value is -3.05. The predicted molar refractivity (Wildman–Crippen MR) is 112 cm³/mol. The van der Waals surface area contributed by atoms with Gasteiger partial charge in [0, 0.05) is 34.7 Å². The Bertz CT molecular complexity index is 1150. The van der Waals surface area contributed by atoms with Crippen LogP contribution in [-0.4, -0.2) is 20.3 Å². The van der Waals surface area contributed by atoms with E-state index in [1.807, 2.05) is 66.4 Å². The molecular formula is C21H20ClN5. The summed E-state index contributed by atoms with van der Waals surface area (Å²) in [5.74, 6) is 0.705. The number of nitrogens with zero attached hydrogens (tertiary/aromatic N) is 4. The van der Waals surface area contributed by atoms with Crippen molar-refractivity contribution in [2.45, 2.75) is 13.8 Å². The number of hydrazone groups is 1. The topological polar surface area (TPSA) is 47.1 Å². The lowest BCUT2D eigenvalue weighted by Gasteiger charge is -2.09. The first-order chi connectivity index (χ1) is 13.0. The molecular weight excluding hydrogens is 358 g/mol. The number of nitrogens with one attached hydrogen (secondary N) is 1. The summed E-state index contributed by atoms with van der Waals surface area (Å²) in [6, 6.07) is 18.0. The summed E-state index contributed by atoms with van der Waals surface area (Å²) in [5, 5.41) is 5.12. The third-order valence-electron chi connectivity index (χ3n) is 4.69. The van der Waals surface area contributed by atoms with Crippen LogP contribution >= 0.6 is 11.6 Å². The molecule has 2 aromatic heterocycles. The average molecular weight is 378 g/mol. The standard InChI is InChI=1S/C21H20ClN5/c1-14-11-16(15(2)27(14)18-8-6-7-17(22)12-18)13-23-25-21-24-19-9-4-5-10-20(19)26(21)3/h4-13H,1-3H3,(H,24,25)/b23-13-. The van der Waals surface area contributed by atoms with Gasteiger partial charge in [0.1, 0.15) is 0 Å². The highest BCUT2D eigenvalue weighted by molar-refractivity contribution is 6.30. The Balaban J connectivity index is 1.61. The van der Waals surface area contributed by atoms with Gasteiger partial charge in [-0.1, -0.05) is 29.8 Å². The number of para-hydroxylation sites is 2. The number of benzene rings is 2. The number of halogens is 1. The molecule has 0 aliphatic heterocycles. The third-order valence-corrected chi connectivity index (χ3v) is 4.93. The Morgan fingerprint density at radius 1 is 1.07 bits per heavy atom. The summed E-state index contributed by atoms with van der Waals surface area (Å²) in [6.45, 7) is 4.15. The maximum Gasteiger partial charge on any atom is 0.224 e. The monoisotopic (exact) mass is 377 g/mol. The van der Waals surface area contributed by atoms with Gasteiger partial charge < -0.3 is 9.13 Å². The molecule has 0 unspecified atom stereocenters. The second-order valence-electron chi connectivity index (χ2n) is 6.49. The fourth-order valence-electron chi connectivity index (χ4n) is 3.34. The van der Waals surface area contributed by atoms with Crippen LogP contribution < -0.4 is 5.43 Å². The highest BCUT2D eigenvalue weighted by atomic mass is 35.5. The smallest absolute Gasteiger partial charge is 0.224 e.